The molecule has 2 rings (SSSR count). The monoisotopic (exact) mass is 266 g/mol. The van der Waals surface area contributed by atoms with E-state index in [0.29, 0.717) is 5.56 Å². The molecule has 0 saturated heterocycles. The summed E-state index contributed by atoms with van der Waals surface area (Å²) in [5, 5.41) is 18.1. The number of hydrogen-bond donors (Lipinski definition) is 1. The highest BCUT2D eigenvalue weighted by molar-refractivity contribution is 5.54. The van der Waals surface area contributed by atoms with Crippen LogP contribution >= 0.6 is 0 Å². The lowest BCUT2D eigenvalue weighted by Gasteiger charge is -2.22. The molecule has 0 spiro atoms. The molecule has 0 amide bonds. The number of aliphatic hydroxyl groups excluding tert-OH is 1. The van der Waals surface area contributed by atoms with Gasteiger partial charge >= 0.3 is 0 Å². The van der Waals surface area contributed by atoms with Crippen LogP contribution in [0.15, 0.2) is 42.5 Å². The van der Waals surface area contributed by atoms with Gasteiger partial charge in [-0.25, -0.2) is 0 Å². The molecule has 0 aliphatic heterocycles. The number of aryl methyl sites for hydroxylation is 1. The maximum atomic E-state index is 9.14. The molecule has 0 unspecified atom stereocenters. The van der Waals surface area contributed by atoms with Gasteiger partial charge in [-0.2, -0.15) is 5.26 Å². The van der Waals surface area contributed by atoms with Crippen molar-refractivity contribution in [3.8, 4) is 6.07 Å². The van der Waals surface area contributed by atoms with Crippen LogP contribution in [0.2, 0.25) is 0 Å². The highest BCUT2D eigenvalue weighted by Crippen LogP contribution is 2.22. The fourth-order valence-corrected chi connectivity index (χ4v) is 2.34. The zero-order valence-corrected chi connectivity index (χ0v) is 11.8. The lowest BCUT2D eigenvalue weighted by Crippen LogP contribution is -2.17. The van der Waals surface area contributed by atoms with Gasteiger partial charge in [-0.1, -0.05) is 24.3 Å². The van der Waals surface area contributed by atoms with E-state index >= 15 is 0 Å². The lowest BCUT2D eigenvalue weighted by molar-refractivity contribution is 0.282. The van der Waals surface area contributed by atoms with Crippen molar-refractivity contribution in [2.75, 3.05) is 11.9 Å². The van der Waals surface area contributed by atoms with Crippen molar-refractivity contribution in [2.45, 2.75) is 20.1 Å². The first-order valence-corrected chi connectivity index (χ1v) is 6.54. The van der Waals surface area contributed by atoms with Crippen LogP contribution in [0.25, 0.3) is 0 Å². The number of anilines is 1. The summed E-state index contributed by atoms with van der Waals surface area (Å²) < 4.78 is 0. The fraction of sp³-hybridized carbons (Fsp3) is 0.235. The summed E-state index contributed by atoms with van der Waals surface area (Å²) in [6, 6.07) is 15.8. The largest absolute Gasteiger partial charge is 0.392 e. The van der Waals surface area contributed by atoms with Crippen LogP contribution in [0.1, 0.15) is 22.3 Å². The van der Waals surface area contributed by atoms with E-state index in [4.69, 9.17) is 10.4 Å². The Balaban J connectivity index is 2.19. The van der Waals surface area contributed by atoms with Crippen LogP contribution in [0.4, 0.5) is 5.69 Å². The Labute approximate surface area is 119 Å². The van der Waals surface area contributed by atoms with Gasteiger partial charge in [-0.15, -0.1) is 0 Å². The van der Waals surface area contributed by atoms with E-state index in [1.54, 1.807) is 0 Å². The minimum Gasteiger partial charge on any atom is -0.392 e. The minimum absolute atomic E-state index is 0.0645. The van der Waals surface area contributed by atoms with Gasteiger partial charge in [0, 0.05) is 19.3 Å². The summed E-state index contributed by atoms with van der Waals surface area (Å²) in [6.45, 7) is 2.85. The number of benzene rings is 2. The zero-order chi connectivity index (χ0) is 14.5. The van der Waals surface area contributed by atoms with Crippen molar-refractivity contribution >= 4 is 5.69 Å². The lowest BCUT2D eigenvalue weighted by atomic mass is 10.1. The van der Waals surface area contributed by atoms with Crippen LogP contribution < -0.4 is 4.90 Å². The van der Waals surface area contributed by atoms with Gasteiger partial charge in [0.25, 0.3) is 0 Å². The van der Waals surface area contributed by atoms with Gasteiger partial charge in [0.2, 0.25) is 0 Å². The van der Waals surface area contributed by atoms with Crippen LogP contribution in [0.5, 0.6) is 0 Å². The Hall–Kier alpha value is -2.31. The molecule has 102 valence electrons. The Morgan fingerprint density at radius 3 is 2.60 bits per heavy atom. The second-order valence-electron chi connectivity index (χ2n) is 4.95. The third-order valence-electron chi connectivity index (χ3n) is 3.33. The second kappa shape index (κ2) is 6.23. The van der Waals surface area contributed by atoms with E-state index in [1.807, 2.05) is 56.4 Å². The van der Waals surface area contributed by atoms with Gasteiger partial charge in [0.05, 0.1) is 18.2 Å². The molecule has 0 fully saturated rings. The third-order valence-corrected chi connectivity index (χ3v) is 3.33. The summed E-state index contributed by atoms with van der Waals surface area (Å²) >= 11 is 0. The molecule has 0 atom stereocenters. The summed E-state index contributed by atoms with van der Waals surface area (Å²) in [7, 11) is 2.03. The molecule has 3 heteroatoms. The van der Waals surface area contributed by atoms with E-state index < -0.39 is 0 Å². The summed E-state index contributed by atoms with van der Waals surface area (Å²) in [5.41, 5.74) is 4.98. The van der Waals surface area contributed by atoms with Crippen LogP contribution in [-0.2, 0) is 13.2 Å². The maximum Gasteiger partial charge on any atom is 0.0991 e. The predicted molar refractivity (Wildman–Crippen MR) is 80.4 cm³/mol. The molecule has 0 bridgehead atoms. The summed E-state index contributed by atoms with van der Waals surface area (Å²) in [4.78, 5) is 2.15. The summed E-state index contributed by atoms with van der Waals surface area (Å²) in [5.74, 6) is 0. The molecule has 1 N–H and O–H groups in total. The Bertz CT molecular complexity index is 644. The van der Waals surface area contributed by atoms with Gasteiger partial charge in [-0.3, -0.25) is 0 Å². The molecule has 0 heterocycles. The van der Waals surface area contributed by atoms with Gasteiger partial charge < -0.3 is 10.0 Å². The SMILES string of the molecule is Cc1cc(CO)ccc1N(C)Cc1cccc(C#N)c1. The van der Waals surface area contributed by atoms with E-state index in [2.05, 4.69) is 11.0 Å². The van der Waals surface area contributed by atoms with E-state index in [9.17, 15) is 0 Å². The Morgan fingerprint density at radius 2 is 1.95 bits per heavy atom. The molecule has 0 aliphatic carbocycles. The van der Waals surface area contributed by atoms with Crippen LogP contribution in [0.3, 0.4) is 0 Å². The highest BCUT2D eigenvalue weighted by atomic mass is 16.3. The van der Waals surface area contributed by atoms with Crippen molar-refractivity contribution in [3.05, 3.63) is 64.7 Å². The number of aliphatic hydroxyl groups is 1. The molecule has 3 nitrogen and oxygen atoms in total. The Morgan fingerprint density at radius 1 is 1.15 bits per heavy atom. The standard InChI is InChI=1S/C17H18N2O/c1-13-8-16(12-20)6-7-17(13)19(2)11-15-5-3-4-14(9-15)10-18/h3-9,20H,11-12H2,1-2H3. The molecule has 2 aromatic rings. The molecular formula is C17H18N2O. The molecule has 0 aromatic heterocycles. The van der Waals surface area contributed by atoms with Crippen molar-refractivity contribution in [3.63, 3.8) is 0 Å². The first kappa shape index (κ1) is 14.1. The molecule has 2 aromatic carbocycles. The molecule has 20 heavy (non-hydrogen) atoms. The van der Waals surface area contributed by atoms with Gasteiger partial charge in [0.15, 0.2) is 0 Å². The van der Waals surface area contributed by atoms with Crippen LogP contribution in [0, 0.1) is 18.3 Å². The average molecular weight is 266 g/mol. The molecule has 0 radical (unpaired) electrons. The topological polar surface area (TPSA) is 47.3 Å². The quantitative estimate of drug-likeness (QED) is 0.925. The first-order chi connectivity index (χ1) is 9.63. The second-order valence-corrected chi connectivity index (χ2v) is 4.95. The number of hydrogen-bond acceptors (Lipinski definition) is 3. The number of rotatable bonds is 4. The highest BCUT2D eigenvalue weighted by Gasteiger charge is 2.06. The van der Waals surface area contributed by atoms with Crippen LogP contribution in [-0.4, -0.2) is 12.2 Å². The van der Waals surface area contributed by atoms with Crippen molar-refractivity contribution in [2.24, 2.45) is 0 Å². The van der Waals surface area contributed by atoms with E-state index in [1.165, 1.54) is 0 Å². The fourth-order valence-electron chi connectivity index (χ4n) is 2.34. The van der Waals surface area contributed by atoms with E-state index in [-0.39, 0.29) is 6.61 Å². The van der Waals surface area contributed by atoms with E-state index in [0.717, 1.165) is 28.9 Å². The summed E-state index contributed by atoms with van der Waals surface area (Å²) in [6.07, 6.45) is 0. The zero-order valence-electron chi connectivity index (χ0n) is 11.8. The van der Waals surface area contributed by atoms with Crippen molar-refractivity contribution in [1.29, 1.82) is 5.26 Å². The number of nitriles is 1. The molecular weight excluding hydrogens is 248 g/mol. The minimum atomic E-state index is 0.0645. The van der Waals surface area contributed by atoms with Gasteiger partial charge in [-0.05, 0) is 41.8 Å². The predicted octanol–water partition coefficient (Wildman–Crippen LogP) is 3.00. The number of nitrogens with zero attached hydrogens (tertiary/aromatic N) is 2. The van der Waals surface area contributed by atoms with Gasteiger partial charge in [0.1, 0.15) is 0 Å². The maximum absolute atomic E-state index is 9.14. The smallest absolute Gasteiger partial charge is 0.0991 e. The molecule has 0 aliphatic rings. The van der Waals surface area contributed by atoms with Crippen molar-refractivity contribution in [1.82, 2.24) is 0 Å². The van der Waals surface area contributed by atoms with Crippen molar-refractivity contribution < 1.29 is 5.11 Å². The third kappa shape index (κ3) is 3.17. The normalized spacial score (nSPS) is 10.1. The molecule has 0 saturated carbocycles. The Kier molecular flexibility index (Phi) is 4.39. The first-order valence-electron chi connectivity index (χ1n) is 6.54. The average Bonchev–Trinajstić information content (AvgIpc) is 2.47.